The highest BCUT2D eigenvalue weighted by Crippen LogP contribution is 2.19. The molecule has 0 aliphatic carbocycles. The Morgan fingerprint density at radius 3 is 2.81 bits per heavy atom. The molecule has 0 aromatic carbocycles. The molecule has 16 heavy (non-hydrogen) atoms. The van der Waals surface area contributed by atoms with E-state index in [4.69, 9.17) is 5.73 Å². The predicted molar refractivity (Wildman–Crippen MR) is 66.2 cm³/mol. The Morgan fingerprint density at radius 1 is 1.62 bits per heavy atom. The predicted octanol–water partition coefficient (Wildman–Crippen LogP) is 0.266. The minimum absolute atomic E-state index is 0.268. The lowest BCUT2D eigenvalue weighted by atomic mass is 10.2. The fourth-order valence-electron chi connectivity index (χ4n) is 1.66. The van der Waals surface area contributed by atoms with Gasteiger partial charge in [0.05, 0.1) is 17.5 Å². The van der Waals surface area contributed by atoms with E-state index < -0.39 is 9.84 Å². The molecule has 2 unspecified atom stereocenters. The number of nitrogens with two attached hydrogens (primary N) is 1. The van der Waals surface area contributed by atoms with Gasteiger partial charge in [-0.25, -0.2) is 8.42 Å². The second kappa shape index (κ2) is 5.52. The standard InChI is InChI=1S/C10H21N3O2S/c1-3-8(2)13-10(11)12-7-9-5-4-6-16(9,14)15/h8-9H,3-7H2,1-2H3,(H3,11,12,13). The highest BCUT2D eigenvalue weighted by Gasteiger charge is 2.30. The summed E-state index contributed by atoms with van der Waals surface area (Å²) in [6.07, 6.45) is 2.42. The molecule has 1 rings (SSSR count). The molecular weight excluding hydrogens is 226 g/mol. The van der Waals surface area contributed by atoms with Crippen LogP contribution in [0.5, 0.6) is 0 Å². The number of hydrogen-bond acceptors (Lipinski definition) is 3. The zero-order valence-electron chi connectivity index (χ0n) is 9.94. The van der Waals surface area contributed by atoms with Crippen molar-refractivity contribution in [3.05, 3.63) is 0 Å². The second-order valence-corrected chi connectivity index (χ2v) is 6.71. The van der Waals surface area contributed by atoms with Crippen LogP contribution in [0.4, 0.5) is 0 Å². The van der Waals surface area contributed by atoms with Crippen molar-refractivity contribution < 1.29 is 8.42 Å². The van der Waals surface area contributed by atoms with Gasteiger partial charge in [-0.05, 0) is 26.2 Å². The van der Waals surface area contributed by atoms with E-state index in [1.165, 1.54) is 0 Å². The van der Waals surface area contributed by atoms with Crippen molar-refractivity contribution in [2.45, 2.75) is 44.4 Å². The van der Waals surface area contributed by atoms with Crippen LogP contribution in [0, 0.1) is 0 Å². The molecule has 1 fully saturated rings. The van der Waals surface area contributed by atoms with E-state index in [9.17, 15) is 8.42 Å². The monoisotopic (exact) mass is 247 g/mol. The Labute approximate surface area is 97.4 Å². The molecule has 1 saturated heterocycles. The van der Waals surface area contributed by atoms with Crippen LogP contribution in [-0.4, -0.2) is 38.0 Å². The zero-order chi connectivity index (χ0) is 12.2. The number of nitrogens with zero attached hydrogens (tertiary/aromatic N) is 1. The van der Waals surface area contributed by atoms with Gasteiger partial charge in [0.2, 0.25) is 0 Å². The molecule has 1 aliphatic heterocycles. The summed E-state index contributed by atoms with van der Waals surface area (Å²) in [6.45, 7) is 4.35. The number of hydrogen-bond donors (Lipinski definition) is 2. The third kappa shape index (κ3) is 3.66. The van der Waals surface area contributed by atoms with Gasteiger partial charge in [-0.2, -0.15) is 0 Å². The van der Waals surface area contributed by atoms with Gasteiger partial charge < -0.3 is 11.1 Å². The normalized spacial score (nSPS) is 26.6. The number of sulfone groups is 1. The highest BCUT2D eigenvalue weighted by atomic mass is 32.2. The molecule has 0 aromatic rings. The fourth-order valence-corrected chi connectivity index (χ4v) is 3.39. The Hall–Kier alpha value is -0.780. The van der Waals surface area contributed by atoms with Crippen molar-refractivity contribution >= 4 is 15.8 Å². The van der Waals surface area contributed by atoms with Gasteiger partial charge >= 0.3 is 0 Å². The highest BCUT2D eigenvalue weighted by molar-refractivity contribution is 7.92. The largest absolute Gasteiger partial charge is 0.370 e. The summed E-state index contributed by atoms with van der Waals surface area (Å²) >= 11 is 0. The SMILES string of the molecule is CCC(C)NC(N)=NCC1CCCS1(=O)=O. The lowest BCUT2D eigenvalue weighted by Gasteiger charge is -2.12. The summed E-state index contributed by atoms with van der Waals surface area (Å²) in [5.74, 6) is 0.641. The van der Waals surface area contributed by atoms with Crippen LogP contribution in [0.15, 0.2) is 4.99 Å². The van der Waals surface area contributed by atoms with E-state index >= 15 is 0 Å². The molecule has 5 nitrogen and oxygen atoms in total. The van der Waals surface area contributed by atoms with Crippen LogP contribution in [0.25, 0.3) is 0 Å². The fraction of sp³-hybridized carbons (Fsp3) is 0.900. The van der Waals surface area contributed by atoms with Crippen LogP contribution >= 0.6 is 0 Å². The lowest BCUT2D eigenvalue weighted by molar-refractivity contribution is 0.589. The van der Waals surface area contributed by atoms with Gasteiger partial charge in [0.25, 0.3) is 0 Å². The first-order chi connectivity index (χ1) is 7.45. The average molecular weight is 247 g/mol. The molecular formula is C10H21N3O2S. The molecule has 6 heteroatoms. The Morgan fingerprint density at radius 2 is 2.31 bits per heavy atom. The molecule has 1 aliphatic rings. The third-order valence-corrected chi connectivity index (χ3v) is 5.19. The van der Waals surface area contributed by atoms with E-state index in [1.54, 1.807) is 0 Å². The average Bonchev–Trinajstić information content (AvgIpc) is 2.54. The van der Waals surface area contributed by atoms with Crippen molar-refractivity contribution in [3.8, 4) is 0 Å². The van der Waals surface area contributed by atoms with Crippen molar-refractivity contribution in [2.75, 3.05) is 12.3 Å². The first-order valence-corrected chi connectivity index (χ1v) is 7.45. The summed E-state index contributed by atoms with van der Waals surface area (Å²) in [4.78, 5) is 4.09. The molecule has 0 aromatic heterocycles. The topological polar surface area (TPSA) is 84.5 Å². The number of guanidine groups is 1. The molecule has 0 bridgehead atoms. The maximum Gasteiger partial charge on any atom is 0.188 e. The van der Waals surface area contributed by atoms with Crippen LogP contribution in [-0.2, 0) is 9.84 Å². The van der Waals surface area contributed by atoms with E-state index in [0.717, 1.165) is 12.8 Å². The van der Waals surface area contributed by atoms with Crippen LogP contribution in [0.2, 0.25) is 0 Å². The minimum Gasteiger partial charge on any atom is -0.370 e. The quantitative estimate of drug-likeness (QED) is 0.551. The van der Waals surface area contributed by atoms with E-state index in [2.05, 4.69) is 10.3 Å². The van der Waals surface area contributed by atoms with Gasteiger partial charge in [-0.15, -0.1) is 0 Å². The van der Waals surface area contributed by atoms with Crippen LogP contribution in [0.3, 0.4) is 0 Å². The molecule has 0 amide bonds. The molecule has 0 saturated carbocycles. The Balaban J connectivity index is 2.47. The van der Waals surface area contributed by atoms with E-state index in [-0.39, 0.29) is 17.8 Å². The number of nitrogens with one attached hydrogen (secondary N) is 1. The Bertz CT molecular complexity index is 351. The first kappa shape index (κ1) is 13.3. The van der Waals surface area contributed by atoms with Crippen molar-refractivity contribution in [3.63, 3.8) is 0 Å². The Kier molecular flexibility index (Phi) is 4.58. The number of rotatable bonds is 4. The number of aliphatic imine (C=N–C) groups is 1. The molecule has 2 atom stereocenters. The minimum atomic E-state index is -2.91. The zero-order valence-corrected chi connectivity index (χ0v) is 10.8. The summed E-state index contributed by atoms with van der Waals surface area (Å²) in [6, 6.07) is 0.268. The van der Waals surface area contributed by atoms with Gasteiger partial charge in [-0.3, -0.25) is 4.99 Å². The third-order valence-electron chi connectivity index (χ3n) is 2.93. The van der Waals surface area contributed by atoms with E-state index in [0.29, 0.717) is 18.1 Å². The van der Waals surface area contributed by atoms with Crippen molar-refractivity contribution in [1.82, 2.24) is 5.32 Å². The first-order valence-electron chi connectivity index (χ1n) is 5.73. The molecule has 1 heterocycles. The van der Waals surface area contributed by atoms with E-state index in [1.807, 2.05) is 13.8 Å². The summed E-state index contributed by atoms with van der Waals surface area (Å²) < 4.78 is 23.0. The van der Waals surface area contributed by atoms with Crippen LogP contribution < -0.4 is 11.1 Å². The molecule has 3 N–H and O–H groups in total. The maximum absolute atomic E-state index is 11.5. The molecule has 0 spiro atoms. The summed E-state index contributed by atoms with van der Waals surface area (Å²) in [7, 11) is -2.91. The van der Waals surface area contributed by atoms with Gasteiger partial charge in [0.1, 0.15) is 0 Å². The summed E-state index contributed by atoms with van der Waals surface area (Å²) in [5, 5.41) is 2.68. The van der Waals surface area contributed by atoms with Crippen molar-refractivity contribution in [2.24, 2.45) is 10.7 Å². The van der Waals surface area contributed by atoms with Crippen LogP contribution in [0.1, 0.15) is 33.1 Å². The molecule has 94 valence electrons. The smallest absolute Gasteiger partial charge is 0.188 e. The summed E-state index contributed by atoms with van der Waals surface area (Å²) in [5.41, 5.74) is 5.66. The lowest BCUT2D eigenvalue weighted by Crippen LogP contribution is -2.38. The van der Waals surface area contributed by atoms with Gasteiger partial charge in [0, 0.05) is 6.04 Å². The van der Waals surface area contributed by atoms with Crippen molar-refractivity contribution in [1.29, 1.82) is 0 Å². The molecule has 0 radical (unpaired) electrons. The maximum atomic E-state index is 11.5. The van der Waals surface area contributed by atoms with Gasteiger partial charge in [-0.1, -0.05) is 6.92 Å². The second-order valence-electron chi connectivity index (χ2n) is 4.31. The van der Waals surface area contributed by atoms with Gasteiger partial charge in [0.15, 0.2) is 15.8 Å².